The Hall–Kier alpha value is -3.27. The van der Waals surface area contributed by atoms with E-state index in [1.807, 2.05) is 18.2 Å². The largest absolute Gasteiger partial charge is 0.326 e. The molecule has 2 saturated heterocycles. The summed E-state index contributed by atoms with van der Waals surface area (Å²) < 4.78 is 0. The van der Waals surface area contributed by atoms with Crippen LogP contribution >= 0.6 is 23.4 Å². The topological polar surface area (TPSA) is 108 Å². The molecule has 0 aliphatic carbocycles. The van der Waals surface area contributed by atoms with E-state index in [4.69, 9.17) is 11.6 Å². The molecule has 2 aromatic carbocycles. The van der Waals surface area contributed by atoms with E-state index in [1.165, 1.54) is 11.8 Å². The molecule has 3 N–H and O–H groups in total. The van der Waals surface area contributed by atoms with Crippen molar-refractivity contribution in [3.05, 3.63) is 64.3 Å². The number of nitrogens with one attached hydrogen (secondary N) is 3. The third-order valence-electron chi connectivity index (χ3n) is 5.59. The van der Waals surface area contributed by atoms with Crippen LogP contribution in [-0.4, -0.2) is 40.0 Å². The number of rotatable bonds is 4. The summed E-state index contributed by atoms with van der Waals surface area (Å²) in [5.74, 6) is -0.254. The number of aliphatic imine (C=N–C) groups is 1. The number of anilines is 1. The van der Waals surface area contributed by atoms with Gasteiger partial charge in [-0.05, 0) is 79.7 Å². The molecule has 2 fully saturated rings. The number of halogens is 1. The molecule has 2 aliphatic rings. The smallest absolute Gasteiger partial charge is 0.264 e. The number of amides is 2. The Bertz CT molecular complexity index is 1340. The first kappa shape index (κ1) is 22.5. The number of nitrogens with zero attached hydrogens (tertiary/aromatic N) is 3. The second kappa shape index (κ2) is 9.92. The minimum absolute atomic E-state index is 0.00346. The first-order valence-electron chi connectivity index (χ1n) is 10.9. The monoisotopic (exact) mass is 492 g/mol. The number of hydrogen-bond donors (Lipinski definition) is 3. The first-order valence-corrected chi connectivity index (χ1v) is 12.1. The fourth-order valence-corrected chi connectivity index (χ4v) is 4.81. The summed E-state index contributed by atoms with van der Waals surface area (Å²) in [5.41, 5.74) is 3.47. The van der Waals surface area contributed by atoms with E-state index in [1.54, 1.807) is 36.7 Å². The van der Waals surface area contributed by atoms with Crippen LogP contribution in [0.15, 0.2) is 58.7 Å². The molecular weight excluding hydrogens is 472 g/mol. The molecule has 34 heavy (non-hydrogen) atoms. The molecule has 2 aliphatic heterocycles. The third-order valence-corrected chi connectivity index (χ3v) is 6.82. The number of hydrogen-bond acceptors (Lipinski definition) is 7. The van der Waals surface area contributed by atoms with Crippen molar-refractivity contribution in [3.8, 4) is 0 Å². The predicted molar refractivity (Wildman–Crippen MR) is 136 cm³/mol. The van der Waals surface area contributed by atoms with Crippen LogP contribution in [0.4, 0.5) is 11.4 Å². The van der Waals surface area contributed by atoms with Crippen molar-refractivity contribution in [3.63, 3.8) is 0 Å². The van der Waals surface area contributed by atoms with Gasteiger partial charge in [0, 0.05) is 24.0 Å². The molecule has 1 aromatic heterocycles. The summed E-state index contributed by atoms with van der Waals surface area (Å²) in [6, 6.07) is 10.8. The van der Waals surface area contributed by atoms with E-state index in [2.05, 4.69) is 30.9 Å². The minimum atomic E-state index is -0.241. The van der Waals surface area contributed by atoms with Gasteiger partial charge in [-0.2, -0.15) is 0 Å². The molecule has 10 heteroatoms. The zero-order valence-electron chi connectivity index (χ0n) is 18.0. The van der Waals surface area contributed by atoms with E-state index in [9.17, 15) is 9.59 Å². The maximum absolute atomic E-state index is 12.6. The van der Waals surface area contributed by atoms with E-state index in [0.29, 0.717) is 26.5 Å². The average molecular weight is 493 g/mol. The van der Waals surface area contributed by atoms with Gasteiger partial charge < -0.3 is 16.0 Å². The van der Waals surface area contributed by atoms with E-state index in [0.717, 1.165) is 42.5 Å². The van der Waals surface area contributed by atoms with Crippen molar-refractivity contribution in [2.45, 2.75) is 12.8 Å². The van der Waals surface area contributed by atoms with Crippen molar-refractivity contribution < 1.29 is 9.59 Å². The normalized spacial score (nSPS) is 19.0. The molecule has 0 atom stereocenters. The molecule has 5 rings (SSSR count). The fourth-order valence-electron chi connectivity index (χ4n) is 3.82. The highest BCUT2D eigenvalue weighted by Crippen LogP contribution is 2.33. The highest BCUT2D eigenvalue weighted by molar-refractivity contribution is 8.18. The SMILES string of the molecule is O=C1NC(=Nc2cc(NC(=O)C3CCNCC3)ccc2Cl)S/C1=C\c1ccc2nccnc2c1. The number of aromatic nitrogens is 2. The zero-order valence-corrected chi connectivity index (χ0v) is 19.6. The summed E-state index contributed by atoms with van der Waals surface area (Å²) in [5, 5.41) is 9.83. The quantitative estimate of drug-likeness (QED) is 0.473. The molecule has 172 valence electrons. The highest BCUT2D eigenvalue weighted by Gasteiger charge is 2.25. The van der Waals surface area contributed by atoms with Crippen LogP contribution in [0.5, 0.6) is 0 Å². The van der Waals surface area contributed by atoms with Crippen molar-refractivity contribution in [2.24, 2.45) is 10.9 Å². The molecule has 0 saturated carbocycles. The Morgan fingerprint density at radius 3 is 2.74 bits per heavy atom. The number of amidine groups is 1. The number of carbonyl (C=O) groups is 2. The lowest BCUT2D eigenvalue weighted by Crippen LogP contribution is -2.34. The Labute approximate surface area is 205 Å². The van der Waals surface area contributed by atoms with Crippen molar-refractivity contribution in [2.75, 3.05) is 18.4 Å². The van der Waals surface area contributed by atoms with Crippen LogP contribution < -0.4 is 16.0 Å². The average Bonchev–Trinajstić information content (AvgIpc) is 3.20. The molecule has 2 amide bonds. The van der Waals surface area contributed by atoms with E-state index < -0.39 is 0 Å². The van der Waals surface area contributed by atoms with E-state index >= 15 is 0 Å². The molecule has 8 nitrogen and oxygen atoms in total. The molecule has 3 heterocycles. The van der Waals surface area contributed by atoms with Crippen LogP contribution in [0.25, 0.3) is 17.1 Å². The first-order chi connectivity index (χ1) is 16.5. The summed E-state index contributed by atoms with van der Waals surface area (Å²) >= 11 is 7.57. The summed E-state index contributed by atoms with van der Waals surface area (Å²) in [7, 11) is 0. The van der Waals surface area contributed by atoms with Crippen LogP contribution in [-0.2, 0) is 9.59 Å². The number of thioether (sulfide) groups is 1. The number of benzene rings is 2. The third kappa shape index (κ3) is 5.11. The van der Waals surface area contributed by atoms with Crippen LogP contribution in [0.3, 0.4) is 0 Å². The minimum Gasteiger partial charge on any atom is -0.326 e. The Balaban J connectivity index is 1.33. The maximum Gasteiger partial charge on any atom is 0.264 e. The molecule has 0 bridgehead atoms. The molecule has 3 aromatic rings. The molecular formula is C24H21ClN6O2S. The van der Waals surface area contributed by atoms with E-state index in [-0.39, 0.29) is 17.7 Å². The summed E-state index contributed by atoms with van der Waals surface area (Å²) in [4.78, 5) is 38.7. The van der Waals surface area contributed by atoms with Crippen molar-refractivity contribution in [1.29, 1.82) is 0 Å². The van der Waals surface area contributed by atoms with Crippen molar-refractivity contribution in [1.82, 2.24) is 20.6 Å². The number of piperidine rings is 1. The van der Waals surface area contributed by atoms with Gasteiger partial charge in [0.2, 0.25) is 5.91 Å². The molecule has 0 spiro atoms. The van der Waals surface area contributed by atoms with Gasteiger partial charge in [-0.15, -0.1) is 0 Å². The number of fused-ring (bicyclic) bond motifs is 1. The van der Waals surface area contributed by atoms with Crippen LogP contribution in [0.2, 0.25) is 5.02 Å². The van der Waals surface area contributed by atoms with Gasteiger partial charge in [-0.1, -0.05) is 17.7 Å². The fraction of sp³-hybridized carbons (Fsp3) is 0.208. The zero-order chi connectivity index (χ0) is 23.5. The van der Waals surface area contributed by atoms with Gasteiger partial charge in [0.1, 0.15) is 0 Å². The van der Waals surface area contributed by atoms with Gasteiger partial charge in [0.15, 0.2) is 5.17 Å². The molecule has 0 radical (unpaired) electrons. The lowest BCUT2D eigenvalue weighted by atomic mass is 9.97. The standard InChI is InChI=1S/C24H21ClN6O2S/c25-17-3-2-16(29-22(32)15-5-7-26-8-6-15)13-19(17)30-24-31-23(33)21(34-24)12-14-1-4-18-20(11-14)28-10-9-27-18/h1-4,9-13,15,26H,5-8H2,(H,29,32)(H,30,31,33)/b21-12-. The second-order valence-corrected chi connectivity index (χ2v) is 9.40. The van der Waals surface area contributed by atoms with Gasteiger partial charge in [-0.25, -0.2) is 4.99 Å². The Morgan fingerprint density at radius 2 is 1.91 bits per heavy atom. The summed E-state index contributed by atoms with van der Waals surface area (Å²) in [6.45, 7) is 1.69. The van der Waals surface area contributed by atoms with Gasteiger partial charge in [0.05, 0.1) is 26.6 Å². The van der Waals surface area contributed by atoms with Gasteiger partial charge >= 0.3 is 0 Å². The molecule has 0 unspecified atom stereocenters. The number of carbonyl (C=O) groups excluding carboxylic acids is 2. The summed E-state index contributed by atoms with van der Waals surface area (Å²) in [6.07, 6.45) is 6.69. The highest BCUT2D eigenvalue weighted by atomic mass is 35.5. The second-order valence-electron chi connectivity index (χ2n) is 7.97. The van der Waals surface area contributed by atoms with Gasteiger partial charge in [0.25, 0.3) is 5.91 Å². The lowest BCUT2D eigenvalue weighted by molar-refractivity contribution is -0.120. The lowest BCUT2D eigenvalue weighted by Gasteiger charge is -2.21. The predicted octanol–water partition coefficient (Wildman–Crippen LogP) is 4.11. The Kier molecular flexibility index (Phi) is 6.57. The van der Waals surface area contributed by atoms with Gasteiger partial charge in [-0.3, -0.25) is 19.6 Å². The Morgan fingerprint density at radius 1 is 1.12 bits per heavy atom. The van der Waals surface area contributed by atoms with Crippen LogP contribution in [0.1, 0.15) is 18.4 Å². The van der Waals surface area contributed by atoms with Crippen molar-refractivity contribution >= 4 is 68.8 Å². The maximum atomic E-state index is 12.6. The van der Waals surface area contributed by atoms with Crippen LogP contribution in [0, 0.1) is 5.92 Å².